The fraction of sp³-hybridized carbons (Fsp3) is 0.444. The van der Waals surface area contributed by atoms with Crippen LogP contribution in [0.15, 0.2) is 21.7 Å². The molecule has 3 N–H and O–H groups in total. The number of rotatable bonds is 6. The SMILES string of the molecule is CCC(CC(N)=S)NS(=O)(=O)c1cccs1. The van der Waals surface area contributed by atoms with Crippen molar-refractivity contribution in [3.8, 4) is 0 Å². The van der Waals surface area contributed by atoms with Crippen molar-refractivity contribution in [2.45, 2.75) is 30.0 Å². The van der Waals surface area contributed by atoms with Crippen LogP contribution in [0.3, 0.4) is 0 Å². The highest BCUT2D eigenvalue weighted by Gasteiger charge is 2.20. The molecule has 1 aromatic heterocycles. The number of thiophene rings is 1. The highest BCUT2D eigenvalue weighted by atomic mass is 32.2. The average molecular weight is 278 g/mol. The second kappa shape index (κ2) is 5.72. The first-order chi connectivity index (χ1) is 7.45. The van der Waals surface area contributed by atoms with E-state index in [4.69, 9.17) is 18.0 Å². The van der Waals surface area contributed by atoms with Crippen molar-refractivity contribution >= 4 is 38.6 Å². The van der Waals surface area contributed by atoms with E-state index in [0.29, 0.717) is 22.0 Å². The molecule has 0 aliphatic heterocycles. The summed E-state index contributed by atoms with van der Waals surface area (Å²) in [5.74, 6) is 0. The van der Waals surface area contributed by atoms with Crippen LogP contribution in [0.1, 0.15) is 19.8 Å². The van der Waals surface area contributed by atoms with E-state index in [9.17, 15) is 8.42 Å². The van der Waals surface area contributed by atoms with Gasteiger partial charge in [0.1, 0.15) is 4.21 Å². The summed E-state index contributed by atoms with van der Waals surface area (Å²) in [5.41, 5.74) is 5.41. The number of thiocarbonyl (C=S) groups is 1. The number of hydrogen-bond acceptors (Lipinski definition) is 4. The van der Waals surface area contributed by atoms with Crippen LogP contribution in [0, 0.1) is 0 Å². The van der Waals surface area contributed by atoms with E-state index in [1.807, 2.05) is 6.92 Å². The van der Waals surface area contributed by atoms with Gasteiger partial charge in [0.2, 0.25) is 10.0 Å². The lowest BCUT2D eigenvalue weighted by Gasteiger charge is -2.15. The van der Waals surface area contributed by atoms with Crippen LogP contribution in [-0.2, 0) is 10.0 Å². The zero-order valence-electron chi connectivity index (χ0n) is 8.84. The summed E-state index contributed by atoms with van der Waals surface area (Å²) < 4.78 is 26.6. The zero-order chi connectivity index (χ0) is 12.2. The highest BCUT2D eigenvalue weighted by Crippen LogP contribution is 2.16. The first kappa shape index (κ1) is 13.6. The molecular formula is C9H14N2O2S3. The standard InChI is InChI=1S/C9H14N2O2S3/c1-2-7(6-8(10)14)11-16(12,13)9-4-3-5-15-9/h3-5,7,11H,2,6H2,1H3,(H2,10,14). The molecule has 1 atom stereocenters. The molecule has 0 fully saturated rings. The Morgan fingerprint density at radius 3 is 2.81 bits per heavy atom. The maximum atomic E-state index is 11.9. The third kappa shape index (κ3) is 3.82. The number of sulfonamides is 1. The summed E-state index contributed by atoms with van der Waals surface area (Å²) in [6, 6.07) is 3.04. The lowest BCUT2D eigenvalue weighted by atomic mass is 10.2. The molecular weight excluding hydrogens is 264 g/mol. The first-order valence-electron chi connectivity index (χ1n) is 4.80. The fourth-order valence-corrected chi connectivity index (χ4v) is 3.74. The zero-order valence-corrected chi connectivity index (χ0v) is 11.3. The molecule has 90 valence electrons. The topological polar surface area (TPSA) is 72.2 Å². The number of nitrogens with two attached hydrogens (primary N) is 1. The third-order valence-corrected chi connectivity index (χ3v) is 5.11. The summed E-state index contributed by atoms with van der Waals surface area (Å²) in [5, 5.41) is 1.73. The summed E-state index contributed by atoms with van der Waals surface area (Å²) in [7, 11) is -3.42. The Kier molecular flexibility index (Phi) is 4.85. The Morgan fingerprint density at radius 1 is 1.69 bits per heavy atom. The van der Waals surface area contributed by atoms with E-state index >= 15 is 0 Å². The normalized spacial score (nSPS) is 13.6. The Hall–Kier alpha value is -0.500. The minimum Gasteiger partial charge on any atom is -0.393 e. The second-order valence-corrected chi connectivity index (χ2v) is 6.74. The van der Waals surface area contributed by atoms with Gasteiger partial charge in [-0.25, -0.2) is 13.1 Å². The van der Waals surface area contributed by atoms with Crippen LogP contribution < -0.4 is 10.5 Å². The van der Waals surface area contributed by atoms with Gasteiger partial charge in [0.05, 0.1) is 4.99 Å². The van der Waals surface area contributed by atoms with Crippen molar-refractivity contribution < 1.29 is 8.42 Å². The number of nitrogens with one attached hydrogen (secondary N) is 1. The molecule has 0 saturated heterocycles. The van der Waals surface area contributed by atoms with E-state index < -0.39 is 10.0 Å². The predicted octanol–water partition coefficient (Wildman–Crippen LogP) is 1.48. The minimum absolute atomic E-state index is 0.232. The van der Waals surface area contributed by atoms with Crippen molar-refractivity contribution in [1.29, 1.82) is 0 Å². The van der Waals surface area contributed by atoms with E-state index in [2.05, 4.69) is 4.72 Å². The largest absolute Gasteiger partial charge is 0.393 e. The maximum Gasteiger partial charge on any atom is 0.250 e. The number of hydrogen-bond donors (Lipinski definition) is 2. The molecule has 0 saturated carbocycles. The Balaban J connectivity index is 2.75. The molecule has 0 bridgehead atoms. The summed E-state index contributed by atoms with van der Waals surface area (Å²) in [4.78, 5) is 0.320. The Bertz CT molecular complexity index is 439. The van der Waals surface area contributed by atoms with Crippen LogP contribution in [0.2, 0.25) is 0 Å². The lowest BCUT2D eigenvalue weighted by molar-refractivity contribution is 0.548. The minimum atomic E-state index is -3.42. The molecule has 7 heteroatoms. The molecule has 16 heavy (non-hydrogen) atoms. The van der Waals surface area contributed by atoms with E-state index in [0.717, 1.165) is 0 Å². The van der Waals surface area contributed by atoms with Crippen molar-refractivity contribution in [2.24, 2.45) is 5.73 Å². The first-order valence-corrected chi connectivity index (χ1v) is 7.57. The van der Waals surface area contributed by atoms with Crippen LogP contribution in [0.4, 0.5) is 0 Å². The van der Waals surface area contributed by atoms with Gasteiger partial charge in [0.15, 0.2) is 0 Å². The molecule has 1 heterocycles. The molecule has 0 radical (unpaired) electrons. The van der Waals surface area contributed by atoms with Gasteiger partial charge in [-0.2, -0.15) is 0 Å². The van der Waals surface area contributed by atoms with Gasteiger partial charge in [-0.05, 0) is 17.9 Å². The molecule has 0 aromatic carbocycles. The molecule has 1 aromatic rings. The van der Waals surface area contributed by atoms with Gasteiger partial charge in [-0.15, -0.1) is 11.3 Å². The van der Waals surface area contributed by atoms with Gasteiger partial charge in [0.25, 0.3) is 0 Å². The third-order valence-electron chi connectivity index (χ3n) is 2.02. The van der Waals surface area contributed by atoms with E-state index in [-0.39, 0.29) is 6.04 Å². The van der Waals surface area contributed by atoms with Crippen molar-refractivity contribution in [3.05, 3.63) is 17.5 Å². The van der Waals surface area contributed by atoms with E-state index in [1.165, 1.54) is 11.3 Å². The summed E-state index contributed by atoms with van der Waals surface area (Å²) in [6.45, 7) is 1.89. The molecule has 1 rings (SSSR count). The van der Waals surface area contributed by atoms with Crippen molar-refractivity contribution in [1.82, 2.24) is 4.72 Å². The second-order valence-electron chi connectivity index (χ2n) is 3.33. The summed E-state index contributed by atoms with van der Waals surface area (Å²) >= 11 is 5.96. The molecule has 1 unspecified atom stereocenters. The van der Waals surface area contributed by atoms with Gasteiger partial charge >= 0.3 is 0 Å². The predicted molar refractivity (Wildman–Crippen MR) is 70.1 cm³/mol. The molecule has 4 nitrogen and oxygen atoms in total. The maximum absolute atomic E-state index is 11.9. The lowest BCUT2D eigenvalue weighted by Crippen LogP contribution is -2.36. The molecule has 0 spiro atoms. The van der Waals surface area contributed by atoms with Gasteiger partial charge in [-0.3, -0.25) is 0 Å². The fourth-order valence-electron chi connectivity index (χ4n) is 1.21. The van der Waals surface area contributed by atoms with Gasteiger partial charge in [-0.1, -0.05) is 25.2 Å². The molecule has 0 aliphatic carbocycles. The van der Waals surface area contributed by atoms with Crippen molar-refractivity contribution in [2.75, 3.05) is 0 Å². The van der Waals surface area contributed by atoms with Crippen LogP contribution in [0.25, 0.3) is 0 Å². The van der Waals surface area contributed by atoms with Gasteiger partial charge in [0, 0.05) is 12.5 Å². The van der Waals surface area contributed by atoms with E-state index in [1.54, 1.807) is 17.5 Å². The van der Waals surface area contributed by atoms with Gasteiger partial charge < -0.3 is 5.73 Å². The van der Waals surface area contributed by atoms with Crippen LogP contribution in [-0.4, -0.2) is 19.4 Å². The van der Waals surface area contributed by atoms with Crippen LogP contribution >= 0.6 is 23.6 Å². The van der Waals surface area contributed by atoms with Crippen molar-refractivity contribution in [3.63, 3.8) is 0 Å². The smallest absolute Gasteiger partial charge is 0.250 e. The van der Waals surface area contributed by atoms with Crippen LogP contribution in [0.5, 0.6) is 0 Å². The Morgan fingerprint density at radius 2 is 2.38 bits per heavy atom. The molecule has 0 aliphatic rings. The Labute approximate surface area is 105 Å². The highest BCUT2D eigenvalue weighted by molar-refractivity contribution is 7.91. The summed E-state index contributed by atoms with van der Waals surface area (Å²) in [6.07, 6.45) is 1.04. The monoisotopic (exact) mass is 278 g/mol. The molecule has 0 amide bonds. The quantitative estimate of drug-likeness (QED) is 0.773. The average Bonchev–Trinajstić information content (AvgIpc) is 2.68.